The number of aryl methyl sites for hydroxylation is 1. The van der Waals surface area contributed by atoms with Crippen LogP contribution in [0.1, 0.15) is 71.3 Å². The van der Waals surface area contributed by atoms with Gasteiger partial charge in [-0.05, 0) is 48.8 Å². The number of fused-ring (bicyclic) bond motifs is 1. The van der Waals surface area contributed by atoms with Crippen molar-refractivity contribution >= 4 is 5.78 Å². The maximum atomic E-state index is 12.8. The van der Waals surface area contributed by atoms with E-state index < -0.39 is 0 Å². The zero-order valence-corrected chi connectivity index (χ0v) is 17.2. The van der Waals surface area contributed by atoms with Crippen LogP contribution >= 0.6 is 0 Å². The van der Waals surface area contributed by atoms with Crippen LogP contribution in [0, 0.1) is 0 Å². The van der Waals surface area contributed by atoms with Crippen LogP contribution in [-0.2, 0) is 17.7 Å². The number of aromatic nitrogens is 4. The number of ketones is 1. The summed E-state index contributed by atoms with van der Waals surface area (Å²) in [5.74, 6) is 2.27. The first-order chi connectivity index (χ1) is 14.7. The number of hydrogen-bond acceptors (Lipinski definition) is 6. The van der Waals surface area contributed by atoms with E-state index in [-0.39, 0.29) is 11.7 Å². The number of hydrogen-bond donors (Lipinski definition) is 0. The number of carbonyl (C=O) groups is 1. The van der Waals surface area contributed by atoms with Gasteiger partial charge >= 0.3 is 0 Å². The molecule has 1 aromatic carbocycles. The first-order valence-electron chi connectivity index (χ1n) is 10.7. The molecule has 2 heterocycles. The molecule has 30 heavy (non-hydrogen) atoms. The Labute approximate surface area is 175 Å². The molecule has 0 amide bonds. The van der Waals surface area contributed by atoms with Crippen molar-refractivity contribution in [3.8, 4) is 11.4 Å². The molecule has 1 saturated carbocycles. The van der Waals surface area contributed by atoms with Crippen LogP contribution in [-0.4, -0.2) is 39.4 Å². The molecule has 0 unspecified atom stereocenters. The topological polar surface area (TPSA) is 83.0 Å². The average Bonchev–Trinajstić information content (AvgIpc) is 3.45. The van der Waals surface area contributed by atoms with Crippen molar-refractivity contribution < 1.29 is 14.1 Å². The molecule has 1 fully saturated rings. The lowest BCUT2D eigenvalue weighted by Crippen LogP contribution is -2.08. The molecule has 0 N–H and O–H groups in total. The maximum absolute atomic E-state index is 12.8. The van der Waals surface area contributed by atoms with Crippen LogP contribution in [0.4, 0.5) is 0 Å². The number of carbonyl (C=O) groups excluding carboxylic acids is 1. The number of methoxy groups -OCH3 is 1. The van der Waals surface area contributed by atoms with E-state index in [1.165, 1.54) is 17.5 Å². The molecule has 2 aliphatic rings. The molecule has 1 atom stereocenters. The zero-order chi connectivity index (χ0) is 20.5. The molecule has 5 rings (SSSR count). The number of ether oxygens (including phenoxy) is 1. The summed E-state index contributed by atoms with van der Waals surface area (Å²) in [6.45, 7) is 1.23. The van der Waals surface area contributed by atoms with Gasteiger partial charge in [-0.3, -0.25) is 9.48 Å². The van der Waals surface area contributed by atoms with E-state index in [1.807, 2.05) is 6.20 Å². The Bertz CT molecular complexity index is 1050. The minimum atomic E-state index is 0.143. The second kappa shape index (κ2) is 8.14. The van der Waals surface area contributed by atoms with Crippen LogP contribution < -0.4 is 0 Å². The normalized spacial score (nSPS) is 18.4. The van der Waals surface area contributed by atoms with E-state index in [0.29, 0.717) is 36.9 Å². The van der Waals surface area contributed by atoms with E-state index in [1.54, 1.807) is 18.0 Å². The SMILES string of the molecule is COCCn1cc(C(=O)C[C@@H]2CCc3cc(-c4noc(C5CCC5)n4)ccc32)cn1. The van der Waals surface area contributed by atoms with Crippen LogP contribution in [0.2, 0.25) is 0 Å². The van der Waals surface area contributed by atoms with Crippen molar-refractivity contribution in [2.24, 2.45) is 0 Å². The molecule has 7 nitrogen and oxygen atoms in total. The Morgan fingerprint density at radius 3 is 3.00 bits per heavy atom. The Morgan fingerprint density at radius 2 is 2.20 bits per heavy atom. The van der Waals surface area contributed by atoms with Gasteiger partial charge in [-0.15, -0.1) is 0 Å². The molecule has 0 aliphatic heterocycles. The summed E-state index contributed by atoms with van der Waals surface area (Å²) in [5, 5.41) is 8.44. The second-order valence-corrected chi connectivity index (χ2v) is 8.35. The maximum Gasteiger partial charge on any atom is 0.230 e. The molecule has 0 bridgehead atoms. The van der Waals surface area contributed by atoms with Crippen molar-refractivity contribution in [1.82, 2.24) is 19.9 Å². The molecule has 0 radical (unpaired) electrons. The standard InChI is InChI=1S/C23H26N4O3/c1-29-10-9-27-14-19(13-24-27)21(28)12-17-6-5-16-11-18(7-8-20(16)17)22-25-23(30-26-22)15-3-2-4-15/h7-8,11,13-15,17H,2-6,9-10,12H2,1H3/t17-/m0/s1. The number of rotatable bonds is 8. The predicted molar refractivity (Wildman–Crippen MR) is 110 cm³/mol. The lowest BCUT2D eigenvalue weighted by atomic mass is 9.85. The predicted octanol–water partition coefficient (Wildman–Crippen LogP) is 4.15. The fourth-order valence-electron chi connectivity index (χ4n) is 4.39. The van der Waals surface area contributed by atoms with Gasteiger partial charge < -0.3 is 9.26 Å². The number of benzene rings is 1. The van der Waals surface area contributed by atoms with Crippen molar-refractivity contribution in [2.45, 2.75) is 56.9 Å². The van der Waals surface area contributed by atoms with E-state index >= 15 is 0 Å². The summed E-state index contributed by atoms with van der Waals surface area (Å²) >= 11 is 0. The number of nitrogens with zero attached hydrogens (tertiary/aromatic N) is 4. The molecular formula is C23H26N4O3. The highest BCUT2D eigenvalue weighted by Crippen LogP contribution is 2.39. The van der Waals surface area contributed by atoms with Crippen molar-refractivity contribution in [3.63, 3.8) is 0 Å². The van der Waals surface area contributed by atoms with Crippen LogP contribution in [0.25, 0.3) is 11.4 Å². The Balaban J connectivity index is 1.27. The molecule has 2 aliphatic carbocycles. The highest BCUT2D eigenvalue weighted by molar-refractivity contribution is 5.96. The monoisotopic (exact) mass is 406 g/mol. The highest BCUT2D eigenvalue weighted by Gasteiger charge is 2.28. The van der Waals surface area contributed by atoms with Gasteiger partial charge in [0, 0.05) is 31.2 Å². The van der Waals surface area contributed by atoms with Gasteiger partial charge in [-0.1, -0.05) is 23.7 Å². The van der Waals surface area contributed by atoms with E-state index in [4.69, 9.17) is 9.26 Å². The minimum Gasteiger partial charge on any atom is -0.383 e. The Kier molecular flexibility index (Phi) is 5.21. The minimum absolute atomic E-state index is 0.143. The molecule has 2 aromatic heterocycles. The highest BCUT2D eigenvalue weighted by atomic mass is 16.5. The summed E-state index contributed by atoms with van der Waals surface area (Å²) in [6, 6.07) is 6.36. The fourth-order valence-corrected chi connectivity index (χ4v) is 4.39. The first kappa shape index (κ1) is 19.2. The molecular weight excluding hydrogens is 380 g/mol. The third kappa shape index (κ3) is 3.69. The Morgan fingerprint density at radius 1 is 1.30 bits per heavy atom. The first-order valence-corrected chi connectivity index (χ1v) is 10.7. The van der Waals surface area contributed by atoms with Gasteiger partial charge in [0.2, 0.25) is 11.7 Å². The van der Waals surface area contributed by atoms with Gasteiger partial charge in [0.25, 0.3) is 0 Å². The number of Topliss-reactive ketones (excluding diaryl/α,β-unsaturated/α-hetero) is 1. The second-order valence-electron chi connectivity index (χ2n) is 8.35. The molecule has 0 saturated heterocycles. The summed E-state index contributed by atoms with van der Waals surface area (Å²) in [4.78, 5) is 17.4. The van der Waals surface area contributed by atoms with Gasteiger partial charge in [0.1, 0.15) is 0 Å². The summed E-state index contributed by atoms with van der Waals surface area (Å²) in [7, 11) is 1.66. The lowest BCUT2D eigenvalue weighted by molar-refractivity contribution is 0.0973. The molecule has 3 aromatic rings. The summed E-state index contributed by atoms with van der Waals surface area (Å²) in [5.41, 5.74) is 4.22. The van der Waals surface area contributed by atoms with Crippen LogP contribution in [0.3, 0.4) is 0 Å². The van der Waals surface area contributed by atoms with Gasteiger partial charge in [-0.25, -0.2) is 0 Å². The smallest absolute Gasteiger partial charge is 0.230 e. The van der Waals surface area contributed by atoms with Crippen molar-refractivity contribution in [1.29, 1.82) is 0 Å². The Hall–Kier alpha value is -2.80. The average molecular weight is 406 g/mol. The van der Waals surface area contributed by atoms with Crippen LogP contribution in [0.5, 0.6) is 0 Å². The van der Waals surface area contributed by atoms with Crippen molar-refractivity contribution in [3.05, 3.63) is 53.2 Å². The van der Waals surface area contributed by atoms with Crippen LogP contribution in [0.15, 0.2) is 35.1 Å². The van der Waals surface area contributed by atoms with Crippen molar-refractivity contribution in [2.75, 3.05) is 13.7 Å². The summed E-state index contributed by atoms with van der Waals surface area (Å²) in [6.07, 6.45) is 9.48. The lowest BCUT2D eigenvalue weighted by Gasteiger charge is -2.20. The fraction of sp³-hybridized carbons (Fsp3) is 0.478. The molecule has 7 heteroatoms. The third-order valence-corrected chi connectivity index (χ3v) is 6.41. The summed E-state index contributed by atoms with van der Waals surface area (Å²) < 4.78 is 12.3. The van der Waals surface area contributed by atoms with Gasteiger partial charge in [-0.2, -0.15) is 10.1 Å². The largest absolute Gasteiger partial charge is 0.383 e. The van der Waals surface area contributed by atoms with E-state index in [0.717, 1.165) is 37.1 Å². The van der Waals surface area contributed by atoms with E-state index in [9.17, 15) is 4.79 Å². The van der Waals surface area contributed by atoms with Gasteiger partial charge in [0.15, 0.2) is 5.78 Å². The zero-order valence-electron chi connectivity index (χ0n) is 17.2. The quantitative estimate of drug-likeness (QED) is 0.523. The third-order valence-electron chi connectivity index (χ3n) is 6.41. The molecule has 0 spiro atoms. The van der Waals surface area contributed by atoms with E-state index in [2.05, 4.69) is 33.4 Å². The van der Waals surface area contributed by atoms with Gasteiger partial charge in [0.05, 0.1) is 24.9 Å². The molecule has 156 valence electrons.